The number of carbonyl (C=O) groups is 2. The number of fused-ring (bicyclic) bond motifs is 1. The van der Waals surface area contributed by atoms with Crippen LogP contribution in [-0.2, 0) is 17.8 Å². The van der Waals surface area contributed by atoms with Crippen LogP contribution in [0.25, 0.3) is 10.8 Å². The third-order valence-corrected chi connectivity index (χ3v) is 6.20. The van der Waals surface area contributed by atoms with Crippen LogP contribution in [0.2, 0.25) is 10.0 Å². The van der Waals surface area contributed by atoms with Gasteiger partial charge in [0.1, 0.15) is 12.4 Å². The molecule has 1 aliphatic heterocycles. The van der Waals surface area contributed by atoms with Gasteiger partial charge in [-0.05, 0) is 47.0 Å². The molecule has 4 nitrogen and oxygen atoms in total. The second kappa shape index (κ2) is 8.03. The maximum Gasteiger partial charge on any atom is 0.286 e. The van der Waals surface area contributed by atoms with Crippen LogP contribution >= 0.6 is 35.0 Å². The molecule has 0 bridgehead atoms. The van der Waals surface area contributed by atoms with Crippen molar-refractivity contribution in [1.29, 1.82) is 0 Å². The highest BCUT2D eigenvalue weighted by molar-refractivity contribution is 8.15. The zero-order valence-corrected chi connectivity index (χ0v) is 16.9. The first-order valence-electron chi connectivity index (χ1n) is 8.59. The molecule has 3 aromatic carbocycles. The van der Waals surface area contributed by atoms with Gasteiger partial charge < -0.3 is 4.74 Å². The summed E-state index contributed by atoms with van der Waals surface area (Å²) in [7, 11) is 0. The van der Waals surface area contributed by atoms with E-state index >= 15 is 0 Å². The second-order valence-corrected chi connectivity index (χ2v) is 8.41. The number of amides is 2. The van der Waals surface area contributed by atoms with E-state index in [1.807, 2.05) is 36.4 Å². The van der Waals surface area contributed by atoms with Crippen LogP contribution < -0.4 is 10.1 Å². The SMILES string of the molecule is O=C1NC(=O)C(Cc2ccc3cc(OCc4c(Cl)cccc4Cl)ccc3c2)S1. The quantitative estimate of drug-likeness (QED) is 0.569. The topological polar surface area (TPSA) is 55.4 Å². The zero-order valence-electron chi connectivity index (χ0n) is 14.6. The molecule has 1 N–H and O–H groups in total. The minimum atomic E-state index is -0.368. The molecular formula is C21H15Cl2NO3S. The summed E-state index contributed by atoms with van der Waals surface area (Å²) in [5.41, 5.74) is 1.76. The highest BCUT2D eigenvalue weighted by atomic mass is 35.5. The molecule has 7 heteroatoms. The van der Waals surface area contributed by atoms with E-state index < -0.39 is 0 Å². The Morgan fingerprint density at radius 2 is 1.68 bits per heavy atom. The zero-order chi connectivity index (χ0) is 19.7. The Balaban J connectivity index is 1.49. The van der Waals surface area contributed by atoms with Gasteiger partial charge in [0, 0.05) is 15.6 Å². The van der Waals surface area contributed by atoms with Crippen LogP contribution in [-0.4, -0.2) is 16.4 Å². The van der Waals surface area contributed by atoms with Crippen LogP contribution in [0, 0.1) is 0 Å². The summed E-state index contributed by atoms with van der Waals surface area (Å²) in [4.78, 5) is 23.1. The lowest BCUT2D eigenvalue weighted by molar-refractivity contribution is -0.118. The van der Waals surface area contributed by atoms with E-state index in [1.54, 1.807) is 18.2 Å². The first-order chi connectivity index (χ1) is 13.5. The summed E-state index contributed by atoms with van der Waals surface area (Å²) in [6.45, 7) is 0.282. The van der Waals surface area contributed by atoms with E-state index in [0.717, 1.165) is 33.7 Å². The van der Waals surface area contributed by atoms with Gasteiger partial charge in [-0.3, -0.25) is 14.9 Å². The molecule has 1 heterocycles. The summed E-state index contributed by atoms with van der Waals surface area (Å²) in [5, 5.41) is 4.87. The Kier molecular flexibility index (Phi) is 5.49. The Bertz CT molecular complexity index is 1070. The van der Waals surface area contributed by atoms with Crippen molar-refractivity contribution in [3.8, 4) is 5.75 Å². The minimum absolute atomic E-state index is 0.225. The summed E-state index contributed by atoms with van der Waals surface area (Å²) < 4.78 is 5.86. The average molecular weight is 432 g/mol. The number of hydrogen-bond acceptors (Lipinski definition) is 4. The molecule has 0 saturated carbocycles. The lowest BCUT2D eigenvalue weighted by atomic mass is 10.0. The van der Waals surface area contributed by atoms with Crippen molar-refractivity contribution in [3.63, 3.8) is 0 Å². The molecule has 3 aromatic rings. The van der Waals surface area contributed by atoms with Crippen molar-refractivity contribution in [2.45, 2.75) is 18.3 Å². The number of carbonyl (C=O) groups excluding carboxylic acids is 2. The third-order valence-electron chi connectivity index (χ3n) is 4.51. The van der Waals surface area contributed by atoms with E-state index in [1.165, 1.54) is 0 Å². The standard InChI is InChI=1S/C21H15Cl2NO3S/c22-17-2-1-3-18(23)16(17)11-27-15-7-6-13-8-12(4-5-14(13)10-15)9-19-20(25)24-21(26)28-19/h1-8,10,19H,9,11H2,(H,24,25,26). The summed E-state index contributed by atoms with van der Waals surface area (Å²) in [5.74, 6) is 0.490. The summed E-state index contributed by atoms with van der Waals surface area (Å²) in [6, 6.07) is 17.1. The smallest absolute Gasteiger partial charge is 0.286 e. The van der Waals surface area contributed by atoms with Crippen molar-refractivity contribution in [2.75, 3.05) is 0 Å². The van der Waals surface area contributed by atoms with E-state index in [9.17, 15) is 9.59 Å². The number of halogens is 2. The van der Waals surface area contributed by atoms with Crippen molar-refractivity contribution in [3.05, 3.63) is 75.8 Å². The average Bonchev–Trinajstić information content (AvgIpc) is 2.98. The first-order valence-corrected chi connectivity index (χ1v) is 10.2. The number of imide groups is 1. The lowest BCUT2D eigenvalue weighted by Gasteiger charge is -2.11. The van der Waals surface area contributed by atoms with Gasteiger partial charge in [0.2, 0.25) is 5.91 Å². The fourth-order valence-corrected chi connectivity index (χ4v) is 4.42. The van der Waals surface area contributed by atoms with E-state index in [2.05, 4.69) is 5.32 Å². The van der Waals surface area contributed by atoms with Gasteiger partial charge in [-0.2, -0.15) is 0 Å². The first kappa shape index (κ1) is 19.1. The minimum Gasteiger partial charge on any atom is -0.489 e. The molecule has 1 fully saturated rings. The maximum atomic E-state index is 11.7. The van der Waals surface area contributed by atoms with Gasteiger partial charge in [-0.15, -0.1) is 0 Å². The van der Waals surface area contributed by atoms with Crippen LogP contribution in [0.1, 0.15) is 11.1 Å². The van der Waals surface area contributed by atoms with Gasteiger partial charge in [-0.25, -0.2) is 0 Å². The van der Waals surface area contributed by atoms with E-state index in [4.69, 9.17) is 27.9 Å². The van der Waals surface area contributed by atoms with Crippen LogP contribution in [0.15, 0.2) is 54.6 Å². The number of rotatable bonds is 5. The molecule has 28 heavy (non-hydrogen) atoms. The Hall–Kier alpha value is -2.21. The van der Waals surface area contributed by atoms with Crippen molar-refractivity contribution < 1.29 is 14.3 Å². The Morgan fingerprint density at radius 3 is 2.39 bits per heavy atom. The molecule has 1 saturated heterocycles. The predicted octanol–water partition coefficient (Wildman–Crippen LogP) is 5.62. The van der Waals surface area contributed by atoms with Crippen LogP contribution in [0.3, 0.4) is 0 Å². The predicted molar refractivity (Wildman–Crippen MR) is 113 cm³/mol. The molecule has 0 radical (unpaired) electrons. The highest BCUT2D eigenvalue weighted by Gasteiger charge is 2.31. The number of thioether (sulfide) groups is 1. The van der Waals surface area contributed by atoms with Gasteiger partial charge in [0.05, 0.1) is 5.25 Å². The van der Waals surface area contributed by atoms with Gasteiger partial charge >= 0.3 is 0 Å². The Labute approximate surface area is 176 Å². The van der Waals surface area contributed by atoms with E-state index in [-0.39, 0.29) is 23.0 Å². The summed E-state index contributed by atoms with van der Waals surface area (Å²) >= 11 is 13.4. The third kappa shape index (κ3) is 4.12. The molecule has 0 aliphatic carbocycles. The highest BCUT2D eigenvalue weighted by Crippen LogP contribution is 2.29. The number of hydrogen-bond donors (Lipinski definition) is 1. The monoisotopic (exact) mass is 431 g/mol. The van der Waals surface area contributed by atoms with Gasteiger partial charge in [0.15, 0.2) is 0 Å². The summed E-state index contributed by atoms with van der Waals surface area (Å²) in [6.07, 6.45) is 0.515. The molecule has 1 atom stereocenters. The number of ether oxygens (including phenoxy) is 1. The largest absolute Gasteiger partial charge is 0.489 e. The fraction of sp³-hybridized carbons (Fsp3) is 0.143. The second-order valence-electron chi connectivity index (χ2n) is 6.42. The van der Waals surface area contributed by atoms with Crippen LogP contribution in [0.5, 0.6) is 5.75 Å². The molecule has 4 rings (SSSR count). The molecule has 1 unspecified atom stereocenters. The van der Waals surface area contributed by atoms with Crippen molar-refractivity contribution in [2.24, 2.45) is 0 Å². The lowest BCUT2D eigenvalue weighted by Crippen LogP contribution is -2.25. The number of benzene rings is 3. The Morgan fingerprint density at radius 1 is 0.964 bits per heavy atom. The fourth-order valence-electron chi connectivity index (χ4n) is 3.06. The van der Waals surface area contributed by atoms with Gasteiger partial charge in [0.25, 0.3) is 5.24 Å². The molecular weight excluding hydrogens is 417 g/mol. The van der Waals surface area contributed by atoms with Crippen molar-refractivity contribution in [1.82, 2.24) is 5.32 Å². The molecule has 0 spiro atoms. The number of nitrogens with one attached hydrogen (secondary N) is 1. The van der Waals surface area contributed by atoms with E-state index in [0.29, 0.717) is 22.2 Å². The van der Waals surface area contributed by atoms with Gasteiger partial charge in [-0.1, -0.05) is 65.3 Å². The molecule has 0 aromatic heterocycles. The van der Waals surface area contributed by atoms with Crippen molar-refractivity contribution >= 4 is 56.9 Å². The molecule has 142 valence electrons. The molecule has 2 amide bonds. The molecule has 1 aliphatic rings. The van der Waals surface area contributed by atoms with Crippen LogP contribution in [0.4, 0.5) is 4.79 Å². The normalized spacial score (nSPS) is 16.4. The maximum absolute atomic E-state index is 11.7.